The van der Waals surface area contributed by atoms with E-state index >= 15 is 0 Å². The Balaban J connectivity index is 3.10. The lowest BCUT2D eigenvalue weighted by Crippen LogP contribution is -2.50. The minimum atomic E-state index is -0.944. The van der Waals surface area contributed by atoms with Crippen molar-refractivity contribution in [2.45, 2.75) is 25.4 Å². The summed E-state index contributed by atoms with van der Waals surface area (Å²) >= 11 is 0. The molecule has 0 aliphatic carbocycles. The first-order valence-corrected chi connectivity index (χ1v) is 6.87. The molecule has 7 N–H and O–H groups in total. The van der Waals surface area contributed by atoms with Crippen LogP contribution in [0.3, 0.4) is 0 Å². The standard InChI is InChI=1S/C13H20N6O4/c14-7-1-2-11(12(15)21)18(13(16)17-19(22)23)8-9-3-5-10(20)6-4-9/h3-6,11,20H,1-2,7-8,14H2,(H2,15,21)(H2,16,17)/t11-/m1/s1. The van der Waals surface area contributed by atoms with Crippen LogP contribution in [0.5, 0.6) is 5.75 Å². The predicted octanol–water partition coefficient (Wildman–Crippen LogP) is -0.707. The smallest absolute Gasteiger partial charge is 0.269 e. The fraction of sp³-hybridized carbons (Fsp3) is 0.385. The summed E-state index contributed by atoms with van der Waals surface area (Å²) in [5, 5.41) is 22.0. The molecular formula is C13H20N6O4. The molecule has 0 aliphatic rings. The van der Waals surface area contributed by atoms with Crippen molar-refractivity contribution < 1.29 is 14.9 Å². The Morgan fingerprint density at radius 2 is 1.96 bits per heavy atom. The summed E-state index contributed by atoms with van der Waals surface area (Å²) in [4.78, 5) is 23.5. The van der Waals surface area contributed by atoms with Crippen LogP contribution in [0.1, 0.15) is 18.4 Å². The van der Waals surface area contributed by atoms with Gasteiger partial charge in [-0.3, -0.25) is 4.79 Å². The van der Waals surface area contributed by atoms with Crippen molar-refractivity contribution in [2.24, 2.45) is 22.3 Å². The summed E-state index contributed by atoms with van der Waals surface area (Å²) in [6.07, 6.45) is 0.781. The quantitative estimate of drug-likeness (QED) is 0.211. The molecule has 0 saturated carbocycles. The molecule has 1 rings (SSSR count). The van der Waals surface area contributed by atoms with E-state index in [4.69, 9.17) is 17.2 Å². The fourth-order valence-corrected chi connectivity index (χ4v) is 2.05. The molecule has 0 saturated heterocycles. The molecule has 0 fully saturated rings. The number of carbonyl (C=O) groups is 1. The van der Waals surface area contributed by atoms with Crippen LogP contribution in [0.4, 0.5) is 0 Å². The van der Waals surface area contributed by atoms with Crippen LogP contribution in [0.15, 0.2) is 29.4 Å². The number of hydrogen-bond acceptors (Lipinski definition) is 5. The number of nitrogens with zero attached hydrogens (tertiary/aromatic N) is 3. The number of hydrazone groups is 1. The van der Waals surface area contributed by atoms with Crippen molar-refractivity contribution in [1.29, 1.82) is 0 Å². The van der Waals surface area contributed by atoms with Gasteiger partial charge in [-0.25, -0.2) is 10.1 Å². The number of phenolic OH excluding ortho intramolecular Hbond substituents is 1. The molecule has 1 aromatic rings. The van der Waals surface area contributed by atoms with Gasteiger partial charge in [-0.2, -0.15) is 0 Å². The summed E-state index contributed by atoms with van der Waals surface area (Å²) in [6.45, 7) is 0.407. The number of aromatic hydroxyl groups is 1. The number of nitrogens with two attached hydrogens (primary N) is 3. The van der Waals surface area contributed by atoms with E-state index in [0.717, 1.165) is 0 Å². The number of primary amides is 1. The maximum atomic E-state index is 11.7. The van der Waals surface area contributed by atoms with Crippen LogP contribution in [0.2, 0.25) is 0 Å². The lowest BCUT2D eigenvalue weighted by molar-refractivity contribution is -0.485. The second kappa shape index (κ2) is 8.54. The lowest BCUT2D eigenvalue weighted by atomic mass is 10.1. The van der Waals surface area contributed by atoms with Gasteiger partial charge >= 0.3 is 0 Å². The molecule has 126 valence electrons. The van der Waals surface area contributed by atoms with E-state index in [0.29, 0.717) is 18.5 Å². The highest BCUT2D eigenvalue weighted by molar-refractivity contribution is 5.87. The van der Waals surface area contributed by atoms with Crippen LogP contribution in [-0.4, -0.2) is 39.5 Å². The molecule has 1 aromatic carbocycles. The number of rotatable bonds is 8. The molecule has 1 atom stereocenters. The number of guanidine groups is 1. The molecule has 0 bridgehead atoms. The van der Waals surface area contributed by atoms with Crippen molar-refractivity contribution in [3.8, 4) is 5.75 Å². The SMILES string of the molecule is NCCC[C@H](C(N)=O)N(Cc1ccc(O)cc1)C(N)=N[N+](=O)[O-]. The summed E-state index contributed by atoms with van der Waals surface area (Å²) in [5.41, 5.74) is 17.1. The highest BCUT2D eigenvalue weighted by atomic mass is 16.7. The number of phenols is 1. The van der Waals surface area contributed by atoms with Gasteiger partial charge in [0.1, 0.15) is 16.9 Å². The zero-order valence-corrected chi connectivity index (χ0v) is 12.5. The third kappa shape index (κ3) is 5.79. The average Bonchev–Trinajstić information content (AvgIpc) is 2.47. The Labute approximate surface area is 132 Å². The van der Waals surface area contributed by atoms with Gasteiger partial charge in [0, 0.05) is 6.54 Å². The van der Waals surface area contributed by atoms with Crippen LogP contribution < -0.4 is 17.2 Å². The molecule has 1 amide bonds. The van der Waals surface area contributed by atoms with Gasteiger partial charge in [0.05, 0.1) is 0 Å². The first-order chi connectivity index (χ1) is 10.8. The monoisotopic (exact) mass is 324 g/mol. The van der Waals surface area contributed by atoms with Gasteiger partial charge in [0.15, 0.2) is 5.03 Å². The normalized spacial score (nSPS) is 12.7. The Bertz CT molecular complexity index is 574. The molecule has 23 heavy (non-hydrogen) atoms. The number of hydrogen-bond donors (Lipinski definition) is 4. The van der Waals surface area contributed by atoms with E-state index in [1.54, 1.807) is 12.1 Å². The zero-order chi connectivity index (χ0) is 17.4. The van der Waals surface area contributed by atoms with E-state index in [1.165, 1.54) is 17.0 Å². The van der Waals surface area contributed by atoms with Crippen LogP contribution in [0, 0.1) is 10.1 Å². The maximum Gasteiger partial charge on any atom is 0.269 e. The molecular weight excluding hydrogens is 304 g/mol. The summed E-state index contributed by atoms with van der Waals surface area (Å²) in [5.74, 6) is -1.04. The molecule has 10 heteroatoms. The predicted molar refractivity (Wildman–Crippen MR) is 83.5 cm³/mol. The van der Waals surface area contributed by atoms with E-state index in [9.17, 15) is 20.0 Å². The second-order valence-electron chi connectivity index (χ2n) is 4.84. The minimum absolute atomic E-state index is 0.0711. The first-order valence-electron chi connectivity index (χ1n) is 6.87. The molecule has 0 aromatic heterocycles. The Morgan fingerprint density at radius 1 is 1.35 bits per heavy atom. The van der Waals surface area contributed by atoms with Crippen LogP contribution in [0.25, 0.3) is 0 Å². The van der Waals surface area contributed by atoms with Gasteiger partial charge in [-0.15, -0.1) is 0 Å². The third-order valence-electron chi connectivity index (χ3n) is 3.15. The highest BCUT2D eigenvalue weighted by Crippen LogP contribution is 2.15. The Kier molecular flexibility index (Phi) is 6.74. The number of amides is 1. The highest BCUT2D eigenvalue weighted by Gasteiger charge is 2.27. The van der Waals surface area contributed by atoms with Crippen molar-refractivity contribution in [1.82, 2.24) is 4.90 Å². The number of nitro groups is 1. The minimum Gasteiger partial charge on any atom is -0.508 e. The molecule has 0 unspecified atom stereocenters. The van der Waals surface area contributed by atoms with Crippen LogP contribution >= 0.6 is 0 Å². The summed E-state index contributed by atoms with van der Waals surface area (Å²) in [7, 11) is 0. The molecule has 0 spiro atoms. The van der Waals surface area contributed by atoms with Gasteiger partial charge in [-0.05, 0) is 37.1 Å². The van der Waals surface area contributed by atoms with Crippen molar-refractivity contribution in [2.75, 3.05) is 6.54 Å². The largest absolute Gasteiger partial charge is 0.508 e. The van der Waals surface area contributed by atoms with E-state index in [-0.39, 0.29) is 18.7 Å². The first kappa shape index (κ1) is 18.2. The Hall–Kier alpha value is -2.88. The summed E-state index contributed by atoms with van der Waals surface area (Å²) < 4.78 is 0. The average molecular weight is 324 g/mol. The fourth-order valence-electron chi connectivity index (χ4n) is 2.05. The molecule has 10 nitrogen and oxygen atoms in total. The topological polar surface area (TPSA) is 174 Å². The van der Waals surface area contributed by atoms with Crippen molar-refractivity contribution in [3.63, 3.8) is 0 Å². The van der Waals surface area contributed by atoms with E-state index in [1.807, 2.05) is 0 Å². The van der Waals surface area contributed by atoms with Gasteiger partial charge < -0.3 is 27.2 Å². The van der Waals surface area contributed by atoms with Gasteiger partial charge in [-0.1, -0.05) is 12.1 Å². The van der Waals surface area contributed by atoms with Crippen LogP contribution in [-0.2, 0) is 11.3 Å². The third-order valence-corrected chi connectivity index (χ3v) is 3.15. The zero-order valence-electron chi connectivity index (χ0n) is 12.5. The van der Waals surface area contributed by atoms with E-state index < -0.39 is 22.9 Å². The summed E-state index contributed by atoms with van der Waals surface area (Å²) in [6, 6.07) is 5.23. The van der Waals surface area contributed by atoms with Crippen molar-refractivity contribution in [3.05, 3.63) is 39.9 Å². The molecule has 0 aliphatic heterocycles. The second-order valence-corrected chi connectivity index (χ2v) is 4.84. The Morgan fingerprint density at radius 3 is 2.43 bits per heavy atom. The van der Waals surface area contributed by atoms with Gasteiger partial charge in [0.2, 0.25) is 5.91 Å². The number of carbonyl (C=O) groups excluding carboxylic acids is 1. The number of benzene rings is 1. The van der Waals surface area contributed by atoms with Crippen molar-refractivity contribution >= 4 is 11.9 Å². The van der Waals surface area contributed by atoms with Gasteiger partial charge in [0.25, 0.3) is 5.96 Å². The maximum absolute atomic E-state index is 11.7. The van der Waals surface area contributed by atoms with E-state index in [2.05, 4.69) is 5.10 Å². The molecule has 0 radical (unpaired) electrons. The molecule has 0 heterocycles. The lowest BCUT2D eigenvalue weighted by Gasteiger charge is -2.29.